The second-order valence-corrected chi connectivity index (χ2v) is 6.47. The number of hydrogen-bond donors (Lipinski definition) is 1. The Kier molecular flexibility index (Phi) is 3.99. The van der Waals surface area contributed by atoms with E-state index in [1.54, 1.807) is 12.3 Å². The Bertz CT molecular complexity index is 843. The molecule has 5 nitrogen and oxygen atoms in total. The fourth-order valence-electron chi connectivity index (χ4n) is 3.52. The van der Waals surface area contributed by atoms with Gasteiger partial charge in [-0.1, -0.05) is 18.2 Å². The summed E-state index contributed by atoms with van der Waals surface area (Å²) in [5.41, 5.74) is 2.85. The van der Waals surface area contributed by atoms with Crippen molar-refractivity contribution in [1.82, 2.24) is 20.1 Å². The van der Waals surface area contributed by atoms with Crippen LogP contribution in [0.5, 0.6) is 0 Å². The molecule has 24 heavy (non-hydrogen) atoms. The van der Waals surface area contributed by atoms with Crippen LogP contribution in [0.3, 0.4) is 0 Å². The second-order valence-electron chi connectivity index (χ2n) is 6.47. The third-order valence-electron chi connectivity index (χ3n) is 4.71. The van der Waals surface area contributed by atoms with Crippen molar-refractivity contribution in [3.63, 3.8) is 0 Å². The smallest absolute Gasteiger partial charge is 0.271 e. The van der Waals surface area contributed by atoms with Gasteiger partial charge in [-0.2, -0.15) is 5.10 Å². The number of pyridine rings is 1. The number of amides is 1. The van der Waals surface area contributed by atoms with Crippen LogP contribution in [0.4, 0.5) is 0 Å². The molecule has 0 saturated carbocycles. The Morgan fingerprint density at radius 1 is 1.29 bits per heavy atom. The Balaban J connectivity index is 1.46. The maximum Gasteiger partial charge on any atom is 0.271 e. The second kappa shape index (κ2) is 6.43. The van der Waals surface area contributed by atoms with Crippen LogP contribution < -0.4 is 0 Å². The van der Waals surface area contributed by atoms with Gasteiger partial charge in [-0.3, -0.25) is 14.9 Å². The molecule has 1 aliphatic heterocycles. The maximum absolute atomic E-state index is 12.5. The molecule has 1 amide bonds. The molecule has 5 heteroatoms. The monoisotopic (exact) mass is 320 g/mol. The summed E-state index contributed by atoms with van der Waals surface area (Å²) in [5.74, 6) is 0.530. The summed E-state index contributed by atoms with van der Waals surface area (Å²) in [6, 6.07) is 12.1. The third kappa shape index (κ3) is 3.02. The van der Waals surface area contributed by atoms with Gasteiger partial charge in [0.05, 0.1) is 5.52 Å². The zero-order valence-corrected chi connectivity index (χ0v) is 13.5. The first-order chi connectivity index (χ1) is 11.8. The van der Waals surface area contributed by atoms with E-state index in [0.717, 1.165) is 37.9 Å². The number of hydrogen-bond acceptors (Lipinski definition) is 3. The molecule has 1 unspecified atom stereocenters. The molecule has 122 valence electrons. The highest BCUT2D eigenvalue weighted by molar-refractivity contribution is 5.92. The van der Waals surface area contributed by atoms with Gasteiger partial charge in [0.2, 0.25) is 0 Å². The highest BCUT2D eigenvalue weighted by Crippen LogP contribution is 2.23. The average Bonchev–Trinajstić information content (AvgIpc) is 3.16. The van der Waals surface area contributed by atoms with E-state index in [2.05, 4.69) is 27.3 Å². The van der Waals surface area contributed by atoms with Crippen molar-refractivity contribution < 1.29 is 4.79 Å². The number of aromatic amines is 1. The Hall–Kier alpha value is -2.69. The molecule has 1 fully saturated rings. The van der Waals surface area contributed by atoms with E-state index in [9.17, 15) is 4.79 Å². The lowest BCUT2D eigenvalue weighted by molar-refractivity contribution is 0.0667. The molecule has 0 spiro atoms. The largest absolute Gasteiger partial charge is 0.337 e. The maximum atomic E-state index is 12.5. The van der Waals surface area contributed by atoms with Crippen LogP contribution >= 0.6 is 0 Å². The number of fused-ring (bicyclic) bond motifs is 1. The molecule has 0 bridgehead atoms. The molecule has 3 aromatic rings. The molecule has 2 aromatic heterocycles. The number of carbonyl (C=O) groups excluding carboxylic acids is 1. The number of likely N-dealkylation sites (tertiary alicyclic amines) is 1. The summed E-state index contributed by atoms with van der Waals surface area (Å²) in [7, 11) is 0. The van der Waals surface area contributed by atoms with Gasteiger partial charge in [-0.15, -0.1) is 0 Å². The van der Waals surface area contributed by atoms with Gasteiger partial charge < -0.3 is 4.90 Å². The molecule has 0 aliphatic carbocycles. The minimum Gasteiger partial charge on any atom is -0.337 e. The summed E-state index contributed by atoms with van der Waals surface area (Å²) < 4.78 is 0. The quantitative estimate of drug-likeness (QED) is 0.807. The fourth-order valence-corrected chi connectivity index (χ4v) is 3.52. The van der Waals surface area contributed by atoms with Gasteiger partial charge in [0.25, 0.3) is 5.91 Å². The lowest BCUT2D eigenvalue weighted by Crippen LogP contribution is -2.40. The van der Waals surface area contributed by atoms with Crippen molar-refractivity contribution in [1.29, 1.82) is 0 Å². The number of rotatable bonds is 3. The van der Waals surface area contributed by atoms with E-state index in [1.165, 1.54) is 10.9 Å². The summed E-state index contributed by atoms with van der Waals surface area (Å²) in [6.07, 6.45) is 6.75. The van der Waals surface area contributed by atoms with E-state index in [1.807, 2.05) is 29.3 Å². The fraction of sp³-hybridized carbons (Fsp3) is 0.316. The minimum absolute atomic E-state index is 0.0498. The molecule has 1 atom stereocenters. The van der Waals surface area contributed by atoms with Crippen molar-refractivity contribution >= 4 is 16.8 Å². The lowest BCUT2D eigenvalue weighted by atomic mass is 9.91. The molecule has 0 radical (unpaired) electrons. The molecular weight excluding hydrogens is 300 g/mol. The van der Waals surface area contributed by atoms with Crippen molar-refractivity contribution in [2.24, 2.45) is 5.92 Å². The zero-order valence-electron chi connectivity index (χ0n) is 13.5. The summed E-state index contributed by atoms with van der Waals surface area (Å²) >= 11 is 0. The normalized spacial score (nSPS) is 18.0. The minimum atomic E-state index is 0.0498. The third-order valence-corrected chi connectivity index (χ3v) is 4.71. The Morgan fingerprint density at radius 3 is 3.08 bits per heavy atom. The number of H-pyrrole nitrogens is 1. The van der Waals surface area contributed by atoms with Crippen LogP contribution in [0.2, 0.25) is 0 Å². The first-order valence-corrected chi connectivity index (χ1v) is 8.42. The van der Waals surface area contributed by atoms with Crippen LogP contribution in [-0.4, -0.2) is 39.1 Å². The number of nitrogens with one attached hydrogen (secondary N) is 1. The van der Waals surface area contributed by atoms with E-state index < -0.39 is 0 Å². The SMILES string of the molecule is O=C(c1ccn[nH]1)N1CCCC(Cc2cnc3ccccc3c2)C1. The highest BCUT2D eigenvalue weighted by atomic mass is 16.2. The molecule has 1 aromatic carbocycles. The van der Waals surface area contributed by atoms with Crippen molar-refractivity contribution in [3.8, 4) is 0 Å². The first-order valence-electron chi connectivity index (χ1n) is 8.42. The van der Waals surface area contributed by atoms with Gasteiger partial charge in [0.1, 0.15) is 5.69 Å². The highest BCUT2D eigenvalue weighted by Gasteiger charge is 2.25. The van der Waals surface area contributed by atoms with Crippen LogP contribution in [0, 0.1) is 5.92 Å². The van der Waals surface area contributed by atoms with Gasteiger partial charge >= 0.3 is 0 Å². The van der Waals surface area contributed by atoms with Crippen LogP contribution in [0.15, 0.2) is 48.8 Å². The molecule has 1 aliphatic rings. The topological polar surface area (TPSA) is 61.9 Å². The van der Waals surface area contributed by atoms with Crippen LogP contribution in [0.1, 0.15) is 28.9 Å². The zero-order chi connectivity index (χ0) is 16.4. The van der Waals surface area contributed by atoms with Crippen LogP contribution in [0.25, 0.3) is 10.9 Å². The number of piperidine rings is 1. The van der Waals surface area contributed by atoms with Crippen molar-refractivity contribution in [3.05, 3.63) is 60.0 Å². The molecular formula is C19H20N4O. The van der Waals surface area contributed by atoms with Crippen molar-refractivity contribution in [2.75, 3.05) is 13.1 Å². The van der Waals surface area contributed by atoms with E-state index in [4.69, 9.17) is 0 Å². The molecule has 4 rings (SSSR count). The van der Waals surface area contributed by atoms with Gasteiger partial charge in [-0.05, 0) is 48.9 Å². The van der Waals surface area contributed by atoms with Crippen LogP contribution in [-0.2, 0) is 6.42 Å². The van der Waals surface area contributed by atoms with Gasteiger partial charge in [0.15, 0.2) is 0 Å². The lowest BCUT2D eigenvalue weighted by Gasteiger charge is -2.32. The van der Waals surface area contributed by atoms with Gasteiger partial charge in [-0.25, -0.2) is 0 Å². The summed E-state index contributed by atoms with van der Waals surface area (Å²) in [6.45, 7) is 1.62. The molecule has 1 N–H and O–H groups in total. The first kappa shape index (κ1) is 14.9. The predicted octanol–water partition coefficient (Wildman–Crippen LogP) is 3.05. The standard InChI is InChI=1S/C19H20N4O/c24-19(18-7-8-21-22-18)23-9-3-4-14(13-23)10-15-11-16-5-1-2-6-17(16)20-12-15/h1-2,5-8,11-12,14H,3-4,9-10,13H2,(H,21,22). The average molecular weight is 320 g/mol. The summed E-state index contributed by atoms with van der Waals surface area (Å²) in [4.78, 5) is 19.0. The molecule has 1 saturated heterocycles. The van der Waals surface area contributed by atoms with Crippen molar-refractivity contribution in [2.45, 2.75) is 19.3 Å². The van der Waals surface area contributed by atoms with E-state index >= 15 is 0 Å². The number of nitrogens with zero attached hydrogens (tertiary/aromatic N) is 3. The number of aromatic nitrogens is 3. The predicted molar refractivity (Wildman–Crippen MR) is 92.7 cm³/mol. The summed E-state index contributed by atoms with van der Waals surface area (Å²) in [5, 5.41) is 7.82. The molecule has 3 heterocycles. The number of carbonyl (C=O) groups is 1. The Morgan fingerprint density at radius 2 is 2.21 bits per heavy atom. The van der Waals surface area contributed by atoms with E-state index in [0.29, 0.717) is 11.6 Å². The number of benzene rings is 1. The Labute approximate surface area is 140 Å². The van der Waals surface area contributed by atoms with Gasteiger partial charge in [0, 0.05) is 30.9 Å². The number of para-hydroxylation sites is 1. The van der Waals surface area contributed by atoms with E-state index in [-0.39, 0.29) is 5.91 Å².